The fraction of sp³-hybridized carbons (Fsp3) is 0.130. The molecule has 0 fully saturated rings. The molecule has 0 aliphatic rings. The first-order valence-electron chi connectivity index (χ1n) is 10.3. The van der Waals surface area contributed by atoms with Crippen molar-refractivity contribution in [3.8, 4) is 5.69 Å². The lowest BCUT2D eigenvalue weighted by Gasteiger charge is -2.04. The number of aromatic amines is 1. The van der Waals surface area contributed by atoms with Crippen molar-refractivity contribution in [2.24, 2.45) is 0 Å². The van der Waals surface area contributed by atoms with E-state index in [4.69, 9.17) is 0 Å². The number of carbonyl (C=O) groups excluding carboxylic acids is 1. The molecule has 0 atom stereocenters. The van der Waals surface area contributed by atoms with Gasteiger partial charge in [-0.05, 0) is 17.7 Å². The number of para-hydroxylation sites is 1. The van der Waals surface area contributed by atoms with Gasteiger partial charge in [0.25, 0.3) is 5.56 Å². The first kappa shape index (κ1) is 22.5. The van der Waals surface area contributed by atoms with Gasteiger partial charge in [0.15, 0.2) is 15.1 Å². The highest BCUT2D eigenvalue weighted by atomic mass is 32.2. The van der Waals surface area contributed by atoms with Crippen LogP contribution in [0.5, 0.6) is 0 Å². The van der Waals surface area contributed by atoms with Crippen molar-refractivity contribution in [3.63, 3.8) is 0 Å². The molecule has 0 unspecified atom stereocenters. The number of fused-ring (bicyclic) bond motifs is 1. The SMILES string of the molecule is O=C(CSc1nc2c(cnn2-c2ccccc2)c(=O)[nH]1)Cc1nnc(SCc2ccccc2)s1. The third-order valence-corrected chi connectivity index (χ3v) is 7.85. The van der Waals surface area contributed by atoms with Gasteiger partial charge >= 0.3 is 0 Å². The van der Waals surface area contributed by atoms with E-state index in [2.05, 4.69) is 37.4 Å². The summed E-state index contributed by atoms with van der Waals surface area (Å²) in [6.45, 7) is 0. The predicted octanol–water partition coefficient (Wildman–Crippen LogP) is 4.16. The molecule has 5 rings (SSSR count). The fourth-order valence-corrected chi connectivity index (χ4v) is 5.78. The number of nitrogens with zero attached hydrogens (tertiary/aromatic N) is 5. The van der Waals surface area contributed by atoms with Gasteiger partial charge in [-0.1, -0.05) is 83.4 Å². The number of benzene rings is 2. The third kappa shape index (κ3) is 5.27. The molecule has 3 heterocycles. The van der Waals surface area contributed by atoms with E-state index in [9.17, 15) is 9.59 Å². The Morgan fingerprint density at radius 2 is 1.76 bits per heavy atom. The van der Waals surface area contributed by atoms with E-state index in [-0.39, 0.29) is 23.5 Å². The Balaban J connectivity index is 1.21. The van der Waals surface area contributed by atoms with Gasteiger partial charge in [0, 0.05) is 5.75 Å². The van der Waals surface area contributed by atoms with Crippen LogP contribution in [0.2, 0.25) is 0 Å². The smallest absolute Gasteiger partial charge is 0.262 e. The molecule has 170 valence electrons. The average Bonchev–Trinajstić information content (AvgIpc) is 3.50. The Kier molecular flexibility index (Phi) is 6.84. The minimum absolute atomic E-state index is 0.0138. The van der Waals surface area contributed by atoms with E-state index >= 15 is 0 Å². The molecule has 0 radical (unpaired) electrons. The number of hydrogen-bond donors (Lipinski definition) is 1. The zero-order chi connectivity index (χ0) is 23.3. The van der Waals surface area contributed by atoms with E-state index < -0.39 is 0 Å². The molecular weight excluding hydrogens is 488 g/mol. The van der Waals surface area contributed by atoms with Gasteiger partial charge in [0.2, 0.25) is 0 Å². The van der Waals surface area contributed by atoms with Crippen LogP contribution in [-0.4, -0.2) is 41.5 Å². The number of Topliss-reactive ketones (excluding diaryl/α,β-unsaturated/α-hetero) is 1. The molecule has 0 aliphatic heterocycles. The number of H-pyrrole nitrogens is 1. The summed E-state index contributed by atoms with van der Waals surface area (Å²) in [6.07, 6.45) is 1.70. The Labute approximate surface area is 206 Å². The summed E-state index contributed by atoms with van der Waals surface area (Å²) in [5, 5.41) is 14.1. The molecule has 0 spiro atoms. The van der Waals surface area contributed by atoms with Crippen molar-refractivity contribution >= 4 is 51.7 Å². The van der Waals surface area contributed by atoms with Crippen LogP contribution in [-0.2, 0) is 17.0 Å². The van der Waals surface area contributed by atoms with Crippen molar-refractivity contribution in [2.75, 3.05) is 5.75 Å². The van der Waals surface area contributed by atoms with E-state index in [0.29, 0.717) is 21.2 Å². The standard InChI is InChI=1S/C23H18N6O2S3/c30-17(11-19-27-28-23(34-19)33-13-15-7-3-1-4-8-15)14-32-22-25-20-18(21(31)26-22)12-24-29(20)16-9-5-2-6-10-16/h1-10,12H,11,13-14H2,(H,25,26,31). The lowest BCUT2D eigenvalue weighted by molar-refractivity contribution is -0.116. The minimum Gasteiger partial charge on any atom is -0.301 e. The fourth-order valence-electron chi connectivity index (χ4n) is 3.18. The Hall–Kier alpha value is -3.28. The Morgan fingerprint density at radius 3 is 2.56 bits per heavy atom. The lowest BCUT2D eigenvalue weighted by atomic mass is 10.2. The second-order valence-electron chi connectivity index (χ2n) is 7.24. The number of ketones is 1. The molecule has 0 saturated heterocycles. The first-order chi connectivity index (χ1) is 16.7. The van der Waals surface area contributed by atoms with Crippen molar-refractivity contribution in [1.82, 2.24) is 29.9 Å². The maximum absolute atomic E-state index is 12.5. The monoisotopic (exact) mass is 506 g/mol. The molecule has 0 aliphatic carbocycles. The van der Waals surface area contributed by atoms with Crippen LogP contribution in [0.3, 0.4) is 0 Å². The average molecular weight is 507 g/mol. The molecule has 2 aromatic carbocycles. The molecule has 8 nitrogen and oxygen atoms in total. The number of carbonyl (C=O) groups is 1. The van der Waals surface area contributed by atoms with E-state index in [1.54, 1.807) is 16.4 Å². The first-order valence-corrected chi connectivity index (χ1v) is 13.1. The number of thioether (sulfide) groups is 2. The van der Waals surface area contributed by atoms with Crippen LogP contribution in [0.1, 0.15) is 10.6 Å². The van der Waals surface area contributed by atoms with Crippen LogP contribution < -0.4 is 5.56 Å². The molecule has 0 saturated carbocycles. The lowest BCUT2D eigenvalue weighted by Crippen LogP contribution is -2.11. The van der Waals surface area contributed by atoms with Crippen LogP contribution in [0, 0.1) is 0 Å². The third-order valence-electron chi connectivity index (χ3n) is 4.79. The molecule has 5 aromatic rings. The van der Waals surface area contributed by atoms with Crippen molar-refractivity contribution in [1.29, 1.82) is 0 Å². The van der Waals surface area contributed by atoms with Gasteiger partial charge in [-0.2, -0.15) is 5.10 Å². The highest BCUT2D eigenvalue weighted by molar-refractivity contribution is 8.00. The molecule has 0 bridgehead atoms. The van der Waals surface area contributed by atoms with E-state index in [1.165, 1.54) is 34.9 Å². The maximum atomic E-state index is 12.5. The zero-order valence-electron chi connectivity index (χ0n) is 17.7. The summed E-state index contributed by atoms with van der Waals surface area (Å²) < 4.78 is 2.46. The van der Waals surface area contributed by atoms with Gasteiger partial charge in [0.1, 0.15) is 16.2 Å². The zero-order valence-corrected chi connectivity index (χ0v) is 20.2. The number of hydrogen-bond acceptors (Lipinski definition) is 9. The van der Waals surface area contributed by atoms with Gasteiger partial charge < -0.3 is 4.98 Å². The Morgan fingerprint density at radius 1 is 1.00 bits per heavy atom. The highest BCUT2D eigenvalue weighted by Gasteiger charge is 2.14. The van der Waals surface area contributed by atoms with Crippen molar-refractivity contribution in [2.45, 2.75) is 21.7 Å². The van der Waals surface area contributed by atoms with E-state index in [1.807, 2.05) is 48.5 Å². The highest BCUT2D eigenvalue weighted by Crippen LogP contribution is 2.26. The minimum atomic E-state index is -0.286. The summed E-state index contributed by atoms with van der Waals surface area (Å²) in [6, 6.07) is 19.6. The normalized spacial score (nSPS) is 11.2. The number of aromatic nitrogens is 6. The summed E-state index contributed by atoms with van der Waals surface area (Å²) in [4.78, 5) is 32.3. The number of nitrogens with one attached hydrogen (secondary N) is 1. The summed E-state index contributed by atoms with van der Waals surface area (Å²) in [7, 11) is 0. The van der Waals surface area contributed by atoms with Crippen LogP contribution in [0.4, 0.5) is 0 Å². The molecule has 11 heteroatoms. The molecule has 3 aromatic heterocycles. The van der Waals surface area contributed by atoms with Gasteiger partial charge in [-0.25, -0.2) is 9.67 Å². The van der Waals surface area contributed by atoms with Crippen LogP contribution in [0.15, 0.2) is 81.2 Å². The maximum Gasteiger partial charge on any atom is 0.262 e. The summed E-state index contributed by atoms with van der Waals surface area (Å²) in [5.41, 5.74) is 2.18. The van der Waals surface area contributed by atoms with Crippen molar-refractivity contribution in [3.05, 3.63) is 87.8 Å². The largest absolute Gasteiger partial charge is 0.301 e. The molecule has 1 N–H and O–H groups in total. The van der Waals surface area contributed by atoms with Crippen LogP contribution >= 0.6 is 34.9 Å². The predicted molar refractivity (Wildman–Crippen MR) is 135 cm³/mol. The Bertz CT molecular complexity index is 1480. The molecule has 34 heavy (non-hydrogen) atoms. The molecular formula is C23H18N6O2S3. The summed E-state index contributed by atoms with van der Waals surface area (Å²) >= 11 is 4.23. The second kappa shape index (κ2) is 10.3. The van der Waals surface area contributed by atoms with Crippen molar-refractivity contribution < 1.29 is 4.79 Å². The second-order valence-corrected chi connectivity index (χ2v) is 10.5. The number of rotatable bonds is 9. The summed E-state index contributed by atoms with van der Waals surface area (Å²) in [5.74, 6) is 0.959. The van der Waals surface area contributed by atoms with Gasteiger partial charge in [-0.15, -0.1) is 10.2 Å². The van der Waals surface area contributed by atoms with Crippen LogP contribution in [0.25, 0.3) is 16.7 Å². The van der Waals surface area contributed by atoms with Gasteiger partial charge in [0.05, 0.1) is 24.1 Å². The van der Waals surface area contributed by atoms with Gasteiger partial charge in [-0.3, -0.25) is 9.59 Å². The van der Waals surface area contributed by atoms with E-state index in [0.717, 1.165) is 15.8 Å². The topological polar surface area (TPSA) is 106 Å². The quantitative estimate of drug-likeness (QED) is 0.235. The molecule has 0 amide bonds.